The first-order valence-electron chi connectivity index (χ1n) is 13.4. The molecule has 1 saturated heterocycles. The Kier molecular flexibility index (Phi) is 9.12. The third-order valence-corrected chi connectivity index (χ3v) is 6.94. The summed E-state index contributed by atoms with van der Waals surface area (Å²) in [5, 5.41) is 2.99. The van der Waals surface area contributed by atoms with Crippen molar-refractivity contribution < 1.29 is 9.53 Å². The second-order valence-electron chi connectivity index (χ2n) is 9.86. The normalized spacial score (nSPS) is 14.5. The lowest BCUT2D eigenvalue weighted by Gasteiger charge is -2.32. The van der Waals surface area contributed by atoms with Gasteiger partial charge in [-0.25, -0.2) is 4.98 Å². The summed E-state index contributed by atoms with van der Waals surface area (Å²) in [5.74, 6) is 0.823. The first-order valence-corrected chi connectivity index (χ1v) is 13.4. The van der Waals surface area contributed by atoms with Crippen LogP contribution in [-0.4, -0.2) is 53.1 Å². The second-order valence-corrected chi connectivity index (χ2v) is 9.86. The van der Waals surface area contributed by atoms with Gasteiger partial charge in [-0.2, -0.15) is 0 Å². The van der Waals surface area contributed by atoms with Gasteiger partial charge in [0.25, 0.3) is 5.91 Å². The predicted molar refractivity (Wildman–Crippen MR) is 149 cm³/mol. The van der Waals surface area contributed by atoms with Gasteiger partial charge < -0.3 is 15.0 Å². The Bertz CT molecular complexity index is 1140. The molecular weight excluding hydrogens is 462 g/mol. The number of benzene rings is 2. The van der Waals surface area contributed by atoms with Crippen molar-refractivity contribution >= 4 is 17.3 Å². The first-order chi connectivity index (χ1) is 18.0. The Morgan fingerprint density at radius 3 is 2.43 bits per heavy atom. The number of rotatable bonds is 10. The minimum absolute atomic E-state index is 0.00217. The minimum atomic E-state index is -0.291. The molecule has 0 saturated carbocycles. The van der Waals surface area contributed by atoms with E-state index < -0.39 is 0 Å². The lowest BCUT2D eigenvalue weighted by Crippen LogP contribution is -2.32. The summed E-state index contributed by atoms with van der Waals surface area (Å²) in [6.07, 6.45) is 6.71. The lowest BCUT2D eigenvalue weighted by atomic mass is 9.89. The molecule has 7 heteroatoms. The van der Waals surface area contributed by atoms with Gasteiger partial charge in [0.05, 0.1) is 18.0 Å². The van der Waals surface area contributed by atoms with Crippen LogP contribution in [0.25, 0.3) is 0 Å². The zero-order valence-corrected chi connectivity index (χ0v) is 22.5. The molecule has 2 heterocycles. The Balaban J connectivity index is 1.40. The van der Waals surface area contributed by atoms with Crippen LogP contribution in [0, 0.1) is 0 Å². The average molecular weight is 502 g/mol. The van der Waals surface area contributed by atoms with E-state index in [9.17, 15) is 4.79 Å². The van der Waals surface area contributed by atoms with Crippen LogP contribution in [0.15, 0.2) is 61.1 Å². The Hall–Kier alpha value is -3.45. The van der Waals surface area contributed by atoms with Gasteiger partial charge in [-0.15, -0.1) is 0 Å². The molecule has 3 aromatic rings. The van der Waals surface area contributed by atoms with Crippen molar-refractivity contribution in [2.45, 2.75) is 59.1 Å². The highest BCUT2D eigenvalue weighted by molar-refractivity contribution is 6.03. The van der Waals surface area contributed by atoms with Crippen molar-refractivity contribution in [3.8, 4) is 5.75 Å². The van der Waals surface area contributed by atoms with Gasteiger partial charge in [0.1, 0.15) is 11.4 Å². The molecule has 0 bridgehead atoms. The maximum atomic E-state index is 12.8. The van der Waals surface area contributed by atoms with Gasteiger partial charge in [0.2, 0.25) is 0 Å². The third kappa shape index (κ3) is 7.07. The van der Waals surface area contributed by atoms with E-state index in [-0.39, 0.29) is 17.7 Å². The fourth-order valence-electron chi connectivity index (χ4n) is 4.94. The van der Waals surface area contributed by atoms with E-state index in [0.717, 1.165) is 45.6 Å². The summed E-state index contributed by atoms with van der Waals surface area (Å²) in [6.45, 7) is 13.5. The summed E-state index contributed by atoms with van der Waals surface area (Å²) in [6, 6.07) is 15.2. The SMILES string of the molecule is CCN(CC)c1ccc(CN2CCC(c3ccc(OC(C)C)c(NC(=O)c4cnccn4)c3)CC2)cc1. The Morgan fingerprint density at radius 1 is 1.08 bits per heavy atom. The highest BCUT2D eigenvalue weighted by Gasteiger charge is 2.22. The van der Waals surface area contributed by atoms with Crippen LogP contribution in [0.2, 0.25) is 0 Å². The number of nitrogens with one attached hydrogen (secondary N) is 1. The average Bonchev–Trinajstić information content (AvgIpc) is 2.92. The van der Waals surface area contributed by atoms with Crippen molar-refractivity contribution in [3.63, 3.8) is 0 Å². The number of likely N-dealkylation sites (tertiary alicyclic amines) is 1. The van der Waals surface area contributed by atoms with Crippen molar-refractivity contribution in [1.82, 2.24) is 14.9 Å². The topological polar surface area (TPSA) is 70.6 Å². The minimum Gasteiger partial charge on any atom is -0.489 e. The summed E-state index contributed by atoms with van der Waals surface area (Å²) >= 11 is 0. The molecule has 37 heavy (non-hydrogen) atoms. The van der Waals surface area contributed by atoms with Gasteiger partial charge in [-0.05, 0) is 94.9 Å². The number of carbonyl (C=O) groups is 1. The molecule has 0 spiro atoms. The number of hydrogen-bond acceptors (Lipinski definition) is 6. The number of aromatic nitrogens is 2. The van der Waals surface area contributed by atoms with E-state index in [0.29, 0.717) is 17.4 Å². The zero-order chi connectivity index (χ0) is 26.2. The highest BCUT2D eigenvalue weighted by atomic mass is 16.5. The molecule has 1 aliphatic heterocycles. The summed E-state index contributed by atoms with van der Waals surface area (Å²) in [4.78, 5) is 25.8. The largest absolute Gasteiger partial charge is 0.489 e. The predicted octanol–water partition coefficient (Wildman–Crippen LogP) is 5.74. The Morgan fingerprint density at radius 2 is 1.81 bits per heavy atom. The molecule has 1 amide bonds. The van der Waals surface area contributed by atoms with Crippen molar-refractivity contribution in [2.24, 2.45) is 0 Å². The van der Waals surface area contributed by atoms with E-state index in [1.54, 1.807) is 6.20 Å². The number of carbonyl (C=O) groups excluding carboxylic acids is 1. The third-order valence-electron chi connectivity index (χ3n) is 6.94. The van der Waals surface area contributed by atoms with Crippen molar-refractivity contribution in [1.29, 1.82) is 0 Å². The van der Waals surface area contributed by atoms with E-state index in [1.165, 1.54) is 29.2 Å². The maximum absolute atomic E-state index is 12.8. The monoisotopic (exact) mass is 501 g/mol. The summed E-state index contributed by atoms with van der Waals surface area (Å²) in [7, 11) is 0. The van der Waals surface area contributed by atoms with E-state index >= 15 is 0 Å². The second kappa shape index (κ2) is 12.7. The number of piperidine rings is 1. The van der Waals surface area contributed by atoms with Crippen LogP contribution in [0.4, 0.5) is 11.4 Å². The van der Waals surface area contributed by atoms with Gasteiger partial charge >= 0.3 is 0 Å². The molecule has 1 aliphatic rings. The Labute approximate surface area is 220 Å². The van der Waals surface area contributed by atoms with Gasteiger partial charge in [0.15, 0.2) is 0 Å². The van der Waals surface area contributed by atoms with Gasteiger partial charge in [-0.1, -0.05) is 18.2 Å². The van der Waals surface area contributed by atoms with Crippen LogP contribution in [0.5, 0.6) is 5.75 Å². The molecule has 0 unspecified atom stereocenters. The van der Waals surface area contributed by atoms with E-state index in [4.69, 9.17) is 4.74 Å². The first kappa shape index (κ1) is 26.6. The fourth-order valence-corrected chi connectivity index (χ4v) is 4.94. The number of amides is 1. The highest BCUT2D eigenvalue weighted by Crippen LogP contribution is 2.35. The molecule has 4 rings (SSSR count). The van der Waals surface area contributed by atoms with Crippen LogP contribution in [0.1, 0.15) is 68.1 Å². The number of ether oxygens (including phenoxy) is 1. The smallest absolute Gasteiger partial charge is 0.275 e. The van der Waals surface area contributed by atoms with Crippen LogP contribution < -0.4 is 15.0 Å². The van der Waals surface area contributed by atoms with Crippen molar-refractivity contribution in [3.05, 3.63) is 77.9 Å². The van der Waals surface area contributed by atoms with E-state index in [2.05, 4.69) is 75.3 Å². The van der Waals surface area contributed by atoms with Gasteiger partial charge in [0, 0.05) is 37.7 Å². The molecular formula is C30H39N5O2. The lowest BCUT2D eigenvalue weighted by molar-refractivity contribution is 0.102. The molecule has 7 nitrogen and oxygen atoms in total. The molecule has 0 atom stereocenters. The molecule has 0 radical (unpaired) electrons. The van der Waals surface area contributed by atoms with Crippen molar-refractivity contribution in [2.75, 3.05) is 36.4 Å². The van der Waals surface area contributed by atoms with E-state index in [1.807, 2.05) is 19.9 Å². The number of hydrogen-bond donors (Lipinski definition) is 1. The van der Waals surface area contributed by atoms with Crippen LogP contribution in [-0.2, 0) is 6.54 Å². The quantitative estimate of drug-likeness (QED) is 0.382. The van der Waals surface area contributed by atoms with Crippen LogP contribution in [0.3, 0.4) is 0 Å². The summed E-state index contributed by atoms with van der Waals surface area (Å²) < 4.78 is 5.98. The number of anilines is 2. The molecule has 1 N–H and O–H groups in total. The molecule has 0 aliphatic carbocycles. The molecule has 2 aromatic carbocycles. The molecule has 1 aromatic heterocycles. The number of nitrogens with zero attached hydrogens (tertiary/aromatic N) is 4. The molecule has 196 valence electrons. The fraction of sp³-hybridized carbons (Fsp3) is 0.433. The van der Waals surface area contributed by atoms with Crippen LogP contribution >= 0.6 is 0 Å². The maximum Gasteiger partial charge on any atom is 0.275 e. The molecule has 1 fully saturated rings. The summed E-state index contributed by atoms with van der Waals surface area (Å²) in [5.41, 5.74) is 4.84. The standard InChI is InChI=1S/C30H39N5O2/c1-5-35(6-2)26-10-7-23(8-11-26)21-34-17-13-24(14-18-34)25-9-12-29(37-22(3)4)27(19-25)33-30(36)28-20-31-15-16-32-28/h7-12,15-16,19-20,22,24H,5-6,13-14,17-18,21H2,1-4H3,(H,33,36). The zero-order valence-electron chi connectivity index (χ0n) is 22.5. The van der Waals surface area contributed by atoms with Gasteiger partial charge in [-0.3, -0.25) is 14.7 Å².